The molecule has 140 valence electrons. The predicted molar refractivity (Wildman–Crippen MR) is 97.2 cm³/mol. The van der Waals surface area contributed by atoms with Gasteiger partial charge in [0, 0.05) is 19.3 Å². The van der Waals surface area contributed by atoms with E-state index in [-0.39, 0.29) is 6.54 Å². The van der Waals surface area contributed by atoms with Crippen molar-refractivity contribution in [3.8, 4) is 0 Å². The van der Waals surface area contributed by atoms with Crippen molar-refractivity contribution in [1.82, 2.24) is 15.6 Å². The van der Waals surface area contributed by atoms with Gasteiger partial charge in [0.15, 0.2) is 5.96 Å². The summed E-state index contributed by atoms with van der Waals surface area (Å²) in [5.74, 6) is 0.548. The van der Waals surface area contributed by atoms with Crippen molar-refractivity contribution >= 4 is 17.6 Å². The van der Waals surface area contributed by atoms with Crippen LogP contribution in [0, 0.1) is 0 Å². The van der Waals surface area contributed by atoms with E-state index in [4.69, 9.17) is 11.6 Å². The lowest BCUT2D eigenvalue weighted by molar-refractivity contribution is -0.137. The van der Waals surface area contributed by atoms with Crippen LogP contribution in [0.5, 0.6) is 0 Å². The molecule has 0 aliphatic rings. The van der Waals surface area contributed by atoms with E-state index in [0.29, 0.717) is 29.8 Å². The number of rotatable bonds is 6. The molecule has 0 aliphatic carbocycles. The van der Waals surface area contributed by atoms with E-state index in [9.17, 15) is 13.2 Å². The number of nitrogens with zero attached hydrogens (tertiary/aromatic N) is 2. The molecule has 0 bridgehead atoms. The average molecular weight is 385 g/mol. The zero-order valence-electron chi connectivity index (χ0n) is 14.3. The van der Waals surface area contributed by atoms with E-state index in [2.05, 4.69) is 20.6 Å². The third-order valence-electron chi connectivity index (χ3n) is 3.51. The Balaban J connectivity index is 1.94. The van der Waals surface area contributed by atoms with Crippen molar-refractivity contribution in [3.63, 3.8) is 0 Å². The topological polar surface area (TPSA) is 49.3 Å². The molecule has 0 saturated heterocycles. The van der Waals surface area contributed by atoms with Crippen LogP contribution in [-0.4, -0.2) is 24.0 Å². The normalized spacial score (nSPS) is 12.1. The molecule has 0 saturated carbocycles. The minimum atomic E-state index is -4.35. The smallest absolute Gasteiger partial charge is 0.357 e. The second kappa shape index (κ2) is 9.43. The van der Waals surface area contributed by atoms with E-state index < -0.39 is 11.7 Å². The summed E-state index contributed by atoms with van der Waals surface area (Å²) in [7, 11) is 0. The van der Waals surface area contributed by atoms with Gasteiger partial charge in [-0.1, -0.05) is 29.8 Å². The molecule has 0 fully saturated rings. The molecule has 0 atom stereocenters. The maximum absolute atomic E-state index is 12.8. The first-order valence-corrected chi connectivity index (χ1v) is 8.55. The summed E-state index contributed by atoms with van der Waals surface area (Å²) in [6.07, 6.45) is -1.93. The summed E-state index contributed by atoms with van der Waals surface area (Å²) in [6.45, 7) is 3.33. The van der Waals surface area contributed by atoms with Crippen LogP contribution in [0.25, 0.3) is 0 Å². The molecular formula is C18H20ClF3N4. The Bertz CT molecular complexity index is 730. The van der Waals surface area contributed by atoms with Gasteiger partial charge in [0.1, 0.15) is 5.15 Å². The van der Waals surface area contributed by atoms with Crippen molar-refractivity contribution in [1.29, 1.82) is 0 Å². The predicted octanol–water partition coefficient (Wildman–Crippen LogP) is 4.05. The van der Waals surface area contributed by atoms with Crippen LogP contribution < -0.4 is 10.6 Å². The molecule has 0 spiro atoms. The van der Waals surface area contributed by atoms with E-state index in [0.717, 1.165) is 24.1 Å². The van der Waals surface area contributed by atoms with E-state index in [1.807, 2.05) is 13.0 Å². The lowest BCUT2D eigenvalue weighted by Crippen LogP contribution is -2.38. The number of guanidine groups is 1. The number of aliphatic imine (C=N–C) groups is 1. The second-order valence-electron chi connectivity index (χ2n) is 5.56. The van der Waals surface area contributed by atoms with Crippen molar-refractivity contribution in [2.45, 2.75) is 26.1 Å². The molecule has 1 heterocycles. The fourth-order valence-electron chi connectivity index (χ4n) is 2.24. The number of benzene rings is 1. The van der Waals surface area contributed by atoms with Gasteiger partial charge in [-0.2, -0.15) is 13.2 Å². The molecule has 26 heavy (non-hydrogen) atoms. The van der Waals surface area contributed by atoms with Gasteiger partial charge in [-0.3, -0.25) is 0 Å². The van der Waals surface area contributed by atoms with Crippen molar-refractivity contribution in [3.05, 3.63) is 64.4 Å². The second-order valence-corrected chi connectivity index (χ2v) is 5.95. The molecule has 0 radical (unpaired) electrons. The SMILES string of the molecule is CCNC(=NCc1cccc(C(F)(F)F)c1)NCCc1ccc(Cl)nc1. The molecule has 4 nitrogen and oxygen atoms in total. The van der Waals surface area contributed by atoms with Gasteiger partial charge in [0.05, 0.1) is 12.1 Å². The highest BCUT2D eigenvalue weighted by Crippen LogP contribution is 2.29. The Hall–Kier alpha value is -2.28. The standard InChI is InChI=1S/C18H20ClF3N4/c1-2-23-17(24-9-8-13-6-7-16(19)25-11-13)26-12-14-4-3-5-15(10-14)18(20,21)22/h3-7,10-11H,2,8-9,12H2,1H3,(H2,23,24,26). The van der Waals surface area contributed by atoms with Crippen molar-refractivity contribution in [2.75, 3.05) is 13.1 Å². The Labute approximate surface area is 155 Å². The first-order chi connectivity index (χ1) is 12.4. The minimum absolute atomic E-state index is 0.155. The number of hydrogen-bond acceptors (Lipinski definition) is 2. The number of pyridine rings is 1. The lowest BCUT2D eigenvalue weighted by atomic mass is 10.1. The summed E-state index contributed by atoms with van der Waals surface area (Å²) in [5.41, 5.74) is 0.855. The van der Waals surface area contributed by atoms with E-state index in [1.54, 1.807) is 18.3 Å². The van der Waals surface area contributed by atoms with Crippen molar-refractivity contribution < 1.29 is 13.2 Å². The molecular weight excluding hydrogens is 365 g/mol. The molecule has 2 N–H and O–H groups in total. The van der Waals surface area contributed by atoms with Gasteiger partial charge in [-0.05, 0) is 42.7 Å². The highest BCUT2D eigenvalue weighted by molar-refractivity contribution is 6.29. The summed E-state index contributed by atoms with van der Waals surface area (Å²) in [6, 6.07) is 8.81. The molecule has 1 aromatic heterocycles. The number of alkyl halides is 3. The monoisotopic (exact) mass is 384 g/mol. The van der Waals surface area contributed by atoms with Crippen LogP contribution in [0.1, 0.15) is 23.6 Å². The summed E-state index contributed by atoms with van der Waals surface area (Å²) in [4.78, 5) is 8.36. The zero-order chi connectivity index (χ0) is 19.0. The third-order valence-corrected chi connectivity index (χ3v) is 3.74. The van der Waals surface area contributed by atoms with Crippen LogP contribution >= 0.6 is 11.6 Å². The molecule has 0 amide bonds. The summed E-state index contributed by atoms with van der Waals surface area (Å²) >= 11 is 5.75. The van der Waals surface area contributed by atoms with Gasteiger partial charge in [0.25, 0.3) is 0 Å². The Morgan fingerprint density at radius 2 is 1.96 bits per heavy atom. The van der Waals surface area contributed by atoms with Gasteiger partial charge < -0.3 is 10.6 Å². The van der Waals surface area contributed by atoms with Crippen LogP contribution in [0.3, 0.4) is 0 Å². The van der Waals surface area contributed by atoms with E-state index in [1.165, 1.54) is 6.07 Å². The largest absolute Gasteiger partial charge is 0.416 e. The van der Waals surface area contributed by atoms with Crippen LogP contribution in [-0.2, 0) is 19.1 Å². The fraction of sp³-hybridized carbons (Fsp3) is 0.333. The van der Waals surface area contributed by atoms with E-state index >= 15 is 0 Å². The number of nitrogens with one attached hydrogen (secondary N) is 2. The van der Waals surface area contributed by atoms with Gasteiger partial charge in [0.2, 0.25) is 0 Å². The summed E-state index contributed by atoms with van der Waals surface area (Å²) < 4.78 is 38.3. The third kappa shape index (κ3) is 6.55. The van der Waals surface area contributed by atoms with Crippen molar-refractivity contribution in [2.24, 2.45) is 4.99 Å². The maximum atomic E-state index is 12.8. The fourth-order valence-corrected chi connectivity index (χ4v) is 2.35. The van der Waals surface area contributed by atoms with Crippen LogP contribution in [0.4, 0.5) is 13.2 Å². The van der Waals surface area contributed by atoms with Gasteiger partial charge in [-0.15, -0.1) is 0 Å². The quantitative estimate of drug-likeness (QED) is 0.449. The first-order valence-electron chi connectivity index (χ1n) is 8.17. The van der Waals surface area contributed by atoms with Crippen LogP contribution in [0.15, 0.2) is 47.6 Å². The van der Waals surface area contributed by atoms with Gasteiger partial charge >= 0.3 is 6.18 Å². The number of aromatic nitrogens is 1. The summed E-state index contributed by atoms with van der Waals surface area (Å²) in [5, 5.41) is 6.67. The zero-order valence-corrected chi connectivity index (χ0v) is 15.0. The lowest BCUT2D eigenvalue weighted by Gasteiger charge is -2.12. The van der Waals surface area contributed by atoms with Crippen LogP contribution in [0.2, 0.25) is 5.15 Å². The highest BCUT2D eigenvalue weighted by Gasteiger charge is 2.30. The molecule has 2 aromatic rings. The molecule has 0 aliphatic heterocycles. The Morgan fingerprint density at radius 3 is 2.62 bits per heavy atom. The van der Waals surface area contributed by atoms with Gasteiger partial charge in [-0.25, -0.2) is 9.98 Å². The Morgan fingerprint density at radius 1 is 1.15 bits per heavy atom. The molecule has 1 aromatic carbocycles. The molecule has 8 heteroatoms. The first kappa shape index (κ1) is 20.0. The molecule has 2 rings (SSSR count). The maximum Gasteiger partial charge on any atom is 0.416 e. The number of hydrogen-bond donors (Lipinski definition) is 2. The highest BCUT2D eigenvalue weighted by atomic mass is 35.5. The molecule has 0 unspecified atom stereocenters. The average Bonchev–Trinajstić information content (AvgIpc) is 2.61. The minimum Gasteiger partial charge on any atom is -0.357 e. The number of halogens is 4. The Kier molecular flexibility index (Phi) is 7.26.